The van der Waals surface area contributed by atoms with Crippen LogP contribution in [0.4, 0.5) is 0 Å². The van der Waals surface area contributed by atoms with Gasteiger partial charge in [0.05, 0.1) is 0 Å². The second-order valence-electron chi connectivity index (χ2n) is 5.60. The fraction of sp³-hybridized carbons (Fsp3) is 0.0500. The first-order valence-corrected chi connectivity index (χ1v) is 7.65. The standard InChI is InChI=1S/C20H14N2O2/c1-13-6-5-9-15(12-13)18(23)16-10-11-17-19(21-16)22-20(24-17)14-7-3-2-4-8-14/h2-12H,1H3. The molecular weight excluding hydrogens is 300 g/mol. The second kappa shape index (κ2) is 5.74. The lowest BCUT2D eigenvalue weighted by atomic mass is 10.1. The van der Waals surface area contributed by atoms with E-state index in [9.17, 15) is 4.79 Å². The van der Waals surface area contributed by atoms with Gasteiger partial charge in [0.2, 0.25) is 11.7 Å². The summed E-state index contributed by atoms with van der Waals surface area (Å²) in [5.74, 6) is 0.378. The molecule has 0 spiro atoms. The lowest BCUT2D eigenvalue weighted by Crippen LogP contribution is -2.04. The van der Waals surface area contributed by atoms with E-state index in [2.05, 4.69) is 9.97 Å². The maximum Gasteiger partial charge on any atom is 0.228 e. The zero-order chi connectivity index (χ0) is 16.5. The zero-order valence-corrected chi connectivity index (χ0v) is 13.1. The highest BCUT2D eigenvalue weighted by Gasteiger charge is 2.14. The molecule has 116 valence electrons. The monoisotopic (exact) mass is 314 g/mol. The van der Waals surface area contributed by atoms with Crippen LogP contribution in [0.2, 0.25) is 0 Å². The Balaban J connectivity index is 1.75. The number of aromatic nitrogens is 2. The lowest BCUT2D eigenvalue weighted by Gasteiger charge is -2.01. The number of fused-ring (bicyclic) bond motifs is 1. The van der Waals surface area contributed by atoms with Crippen LogP contribution in [-0.2, 0) is 0 Å². The number of carbonyl (C=O) groups excluding carboxylic acids is 1. The molecule has 0 bridgehead atoms. The van der Waals surface area contributed by atoms with Gasteiger partial charge in [-0.25, -0.2) is 4.98 Å². The van der Waals surface area contributed by atoms with Crippen molar-refractivity contribution in [3.8, 4) is 11.5 Å². The van der Waals surface area contributed by atoms with E-state index in [-0.39, 0.29) is 5.78 Å². The Labute approximate surface area is 138 Å². The summed E-state index contributed by atoms with van der Waals surface area (Å²) in [4.78, 5) is 21.4. The minimum atomic E-state index is -0.120. The van der Waals surface area contributed by atoms with Crippen molar-refractivity contribution in [1.29, 1.82) is 0 Å². The number of rotatable bonds is 3. The van der Waals surface area contributed by atoms with Gasteiger partial charge in [0, 0.05) is 11.1 Å². The molecule has 4 rings (SSSR count). The van der Waals surface area contributed by atoms with Crippen LogP contribution in [0.15, 0.2) is 71.1 Å². The van der Waals surface area contributed by atoms with Gasteiger partial charge in [-0.2, -0.15) is 4.98 Å². The molecule has 0 atom stereocenters. The molecule has 4 heteroatoms. The molecule has 24 heavy (non-hydrogen) atoms. The number of hydrogen-bond acceptors (Lipinski definition) is 4. The Morgan fingerprint density at radius 2 is 1.75 bits per heavy atom. The molecule has 0 N–H and O–H groups in total. The summed E-state index contributed by atoms with van der Waals surface area (Å²) < 4.78 is 5.73. The molecule has 2 aromatic heterocycles. The van der Waals surface area contributed by atoms with Gasteiger partial charge in [-0.1, -0.05) is 42.0 Å². The van der Waals surface area contributed by atoms with Gasteiger partial charge in [-0.15, -0.1) is 0 Å². The Bertz CT molecular complexity index is 1040. The van der Waals surface area contributed by atoms with Gasteiger partial charge in [0.1, 0.15) is 5.69 Å². The van der Waals surface area contributed by atoms with Gasteiger partial charge in [-0.05, 0) is 37.3 Å². The van der Waals surface area contributed by atoms with Gasteiger partial charge in [-0.3, -0.25) is 4.79 Å². The van der Waals surface area contributed by atoms with Crippen molar-refractivity contribution < 1.29 is 9.21 Å². The highest BCUT2D eigenvalue weighted by Crippen LogP contribution is 2.23. The molecule has 0 fully saturated rings. The number of oxazole rings is 1. The fourth-order valence-corrected chi connectivity index (χ4v) is 2.58. The third-order valence-corrected chi connectivity index (χ3v) is 3.79. The van der Waals surface area contributed by atoms with E-state index in [0.29, 0.717) is 28.4 Å². The number of benzene rings is 2. The van der Waals surface area contributed by atoms with Crippen LogP contribution in [0.3, 0.4) is 0 Å². The van der Waals surface area contributed by atoms with Crippen molar-refractivity contribution in [2.75, 3.05) is 0 Å². The maximum atomic E-state index is 12.6. The predicted octanol–water partition coefficient (Wildman–Crippen LogP) is 4.43. The number of ketones is 1. The van der Waals surface area contributed by atoms with Crippen molar-refractivity contribution in [1.82, 2.24) is 9.97 Å². The quantitative estimate of drug-likeness (QED) is 0.525. The molecule has 0 aliphatic carbocycles. The first kappa shape index (κ1) is 14.3. The summed E-state index contributed by atoms with van der Waals surface area (Å²) in [6.07, 6.45) is 0. The highest BCUT2D eigenvalue weighted by atomic mass is 16.3. The average Bonchev–Trinajstić information content (AvgIpc) is 3.05. The smallest absolute Gasteiger partial charge is 0.228 e. The first-order valence-electron chi connectivity index (χ1n) is 7.65. The molecular formula is C20H14N2O2. The summed E-state index contributed by atoms with van der Waals surface area (Å²) in [5.41, 5.74) is 3.90. The molecule has 0 radical (unpaired) electrons. The van der Waals surface area contributed by atoms with E-state index in [1.54, 1.807) is 18.2 Å². The molecule has 0 saturated carbocycles. The van der Waals surface area contributed by atoms with Crippen LogP contribution < -0.4 is 0 Å². The van der Waals surface area contributed by atoms with Gasteiger partial charge >= 0.3 is 0 Å². The SMILES string of the molecule is Cc1cccc(C(=O)c2ccc3oc(-c4ccccc4)nc3n2)c1. The zero-order valence-electron chi connectivity index (χ0n) is 13.1. The normalized spacial score (nSPS) is 10.9. The minimum absolute atomic E-state index is 0.120. The van der Waals surface area contributed by atoms with E-state index in [1.165, 1.54) is 0 Å². The Morgan fingerprint density at radius 1 is 0.917 bits per heavy atom. The summed E-state index contributed by atoms with van der Waals surface area (Å²) in [6, 6.07) is 20.5. The van der Waals surface area contributed by atoms with Crippen LogP contribution in [0, 0.1) is 6.92 Å². The Morgan fingerprint density at radius 3 is 2.54 bits per heavy atom. The van der Waals surface area contributed by atoms with Gasteiger partial charge in [0.25, 0.3) is 0 Å². The molecule has 4 aromatic rings. The van der Waals surface area contributed by atoms with Crippen molar-refractivity contribution in [3.63, 3.8) is 0 Å². The third-order valence-electron chi connectivity index (χ3n) is 3.79. The van der Waals surface area contributed by atoms with E-state index in [0.717, 1.165) is 11.1 Å². The van der Waals surface area contributed by atoms with Crippen LogP contribution >= 0.6 is 0 Å². The third kappa shape index (κ3) is 2.58. The minimum Gasteiger partial charge on any atom is -0.434 e. The number of aryl methyl sites for hydroxylation is 1. The van der Waals surface area contributed by atoms with Gasteiger partial charge < -0.3 is 4.42 Å². The van der Waals surface area contributed by atoms with Crippen LogP contribution in [0.1, 0.15) is 21.6 Å². The summed E-state index contributed by atoms with van der Waals surface area (Å²) in [6.45, 7) is 1.96. The van der Waals surface area contributed by atoms with Crippen LogP contribution in [0.5, 0.6) is 0 Å². The Hall–Kier alpha value is -3.27. The molecule has 0 amide bonds. The maximum absolute atomic E-state index is 12.6. The topological polar surface area (TPSA) is 56.0 Å². The largest absolute Gasteiger partial charge is 0.434 e. The molecule has 0 unspecified atom stereocenters. The molecule has 0 aliphatic heterocycles. The van der Waals surface area contributed by atoms with Gasteiger partial charge in [0.15, 0.2) is 11.2 Å². The molecule has 2 heterocycles. The van der Waals surface area contributed by atoms with Crippen molar-refractivity contribution in [2.45, 2.75) is 6.92 Å². The Kier molecular flexibility index (Phi) is 3.43. The predicted molar refractivity (Wildman–Crippen MR) is 91.9 cm³/mol. The average molecular weight is 314 g/mol. The molecule has 4 nitrogen and oxygen atoms in total. The summed E-state index contributed by atoms with van der Waals surface area (Å²) in [5, 5.41) is 0. The molecule has 2 aromatic carbocycles. The number of carbonyl (C=O) groups is 1. The number of nitrogens with zero attached hydrogens (tertiary/aromatic N) is 2. The van der Waals surface area contributed by atoms with Crippen LogP contribution in [0.25, 0.3) is 22.7 Å². The molecule has 0 saturated heterocycles. The van der Waals surface area contributed by atoms with E-state index >= 15 is 0 Å². The van der Waals surface area contributed by atoms with Crippen molar-refractivity contribution >= 4 is 17.0 Å². The first-order chi connectivity index (χ1) is 11.7. The lowest BCUT2D eigenvalue weighted by molar-refractivity contribution is 0.103. The van der Waals surface area contributed by atoms with Crippen LogP contribution in [-0.4, -0.2) is 15.8 Å². The second-order valence-corrected chi connectivity index (χ2v) is 5.60. The fourth-order valence-electron chi connectivity index (χ4n) is 2.58. The summed E-state index contributed by atoms with van der Waals surface area (Å²) in [7, 11) is 0. The molecule has 0 aliphatic rings. The number of hydrogen-bond donors (Lipinski definition) is 0. The van der Waals surface area contributed by atoms with E-state index < -0.39 is 0 Å². The highest BCUT2D eigenvalue weighted by molar-refractivity contribution is 6.08. The van der Waals surface area contributed by atoms with Crippen molar-refractivity contribution in [3.05, 3.63) is 83.6 Å². The number of pyridine rings is 1. The van der Waals surface area contributed by atoms with E-state index in [4.69, 9.17) is 4.42 Å². The van der Waals surface area contributed by atoms with E-state index in [1.807, 2.05) is 55.5 Å². The van der Waals surface area contributed by atoms with Crippen molar-refractivity contribution in [2.24, 2.45) is 0 Å². The summed E-state index contributed by atoms with van der Waals surface area (Å²) >= 11 is 0.